The van der Waals surface area contributed by atoms with E-state index in [0.717, 1.165) is 5.56 Å². The van der Waals surface area contributed by atoms with Gasteiger partial charge in [0.2, 0.25) is 0 Å². The molecule has 28 heavy (non-hydrogen) atoms. The summed E-state index contributed by atoms with van der Waals surface area (Å²) in [5, 5.41) is 28.0. The minimum absolute atomic E-state index is 0.109. The largest absolute Gasteiger partial charge is 0.394 e. The van der Waals surface area contributed by atoms with E-state index in [-0.39, 0.29) is 13.2 Å². The van der Waals surface area contributed by atoms with Crippen LogP contribution >= 0.6 is 23.2 Å². The van der Waals surface area contributed by atoms with Crippen LogP contribution in [0.3, 0.4) is 0 Å². The fourth-order valence-electron chi connectivity index (χ4n) is 2.50. The molecule has 0 fully saturated rings. The van der Waals surface area contributed by atoms with Crippen molar-refractivity contribution in [3.63, 3.8) is 0 Å². The van der Waals surface area contributed by atoms with Gasteiger partial charge in [-0.2, -0.15) is 4.80 Å². The van der Waals surface area contributed by atoms with Gasteiger partial charge in [-0.1, -0.05) is 35.3 Å². The van der Waals surface area contributed by atoms with Gasteiger partial charge in [0.05, 0.1) is 19.2 Å². The number of nitrogens with zero attached hydrogens (tertiary/aromatic N) is 4. The standard InChI is InChI=1S/C18H18Cl2N6O2/c19-13-3-1-12(2-4-13)11-16(17-23-25-26(24-17)9-10-27)22-18(28)21-15-7-5-14(20)6-8-15/h1-8,16,27H,9-11H2,(H2,21,22,28). The number of halogens is 2. The monoisotopic (exact) mass is 420 g/mol. The van der Waals surface area contributed by atoms with Crippen LogP contribution < -0.4 is 10.6 Å². The maximum Gasteiger partial charge on any atom is 0.319 e. The molecule has 1 aromatic heterocycles. The van der Waals surface area contributed by atoms with Gasteiger partial charge >= 0.3 is 6.03 Å². The molecule has 0 aliphatic carbocycles. The molecule has 3 aromatic rings. The highest BCUT2D eigenvalue weighted by Crippen LogP contribution is 2.18. The number of aliphatic hydroxyl groups is 1. The minimum atomic E-state index is -0.527. The van der Waals surface area contributed by atoms with E-state index in [1.165, 1.54) is 4.80 Å². The Balaban J connectivity index is 1.75. The molecule has 0 aliphatic rings. The normalized spacial score (nSPS) is 11.8. The van der Waals surface area contributed by atoms with Crippen molar-refractivity contribution in [1.29, 1.82) is 0 Å². The minimum Gasteiger partial charge on any atom is -0.394 e. The molecule has 0 aliphatic heterocycles. The molecule has 0 bridgehead atoms. The molecule has 3 rings (SSSR count). The van der Waals surface area contributed by atoms with Crippen molar-refractivity contribution in [2.45, 2.75) is 19.0 Å². The van der Waals surface area contributed by atoms with Crippen molar-refractivity contribution in [2.75, 3.05) is 11.9 Å². The highest BCUT2D eigenvalue weighted by molar-refractivity contribution is 6.30. The van der Waals surface area contributed by atoms with Crippen molar-refractivity contribution in [3.05, 3.63) is 70.0 Å². The van der Waals surface area contributed by atoms with Crippen LogP contribution in [0.2, 0.25) is 10.0 Å². The van der Waals surface area contributed by atoms with E-state index in [2.05, 4.69) is 26.0 Å². The average Bonchev–Trinajstić information content (AvgIpc) is 3.14. The Hall–Kier alpha value is -2.68. The zero-order valence-corrected chi connectivity index (χ0v) is 16.2. The highest BCUT2D eigenvalue weighted by Gasteiger charge is 2.20. The van der Waals surface area contributed by atoms with Gasteiger partial charge in [-0.25, -0.2) is 4.79 Å². The first-order valence-electron chi connectivity index (χ1n) is 8.49. The van der Waals surface area contributed by atoms with Crippen molar-refractivity contribution in [1.82, 2.24) is 25.5 Å². The van der Waals surface area contributed by atoms with Crippen LogP contribution in [0.1, 0.15) is 17.4 Å². The number of rotatable bonds is 7. The highest BCUT2D eigenvalue weighted by atomic mass is 35.5. The number of hydrogen-bond donors (Lipinski definition) is 3. The zero-order valence-electron chi connectivity index (χ0n) is 14.7. The van der Waals surface area contributed by atoms with Gasteiger partial charge in [-0.3, -0.25) is 0 Å². The number of aliphatic hydroxyl groups excluding tert-OH is 1. The molecular formula is C18H18Cl2N6O2. The van der Waals surface area contributed by atoms with Crippen LogP contribution in [0.15, 0.2) is 48.5 Å². The lowest BCUT2D eigenvalue weighted by atomic mass is 10.1. The quantitative estimate of drug-likeness (QED) is 0.544. The summed E-state index contributed by atoms with van der Waals surface area (Å²) in [6.07, 6.45) is 0.441. The van der Waals surface area contributed by atoms with Crippen LogP contribution in [0, 0.1) is 0 Å². The Kier molecular flexibility index (Phi) is 6.80. The molecule has 1 heterocycles. The van der Waals surface area contributed by atoms with Crippen molar-refractivity contribution in [2.24, 2.45) is 0 Å². The number of benzene rings is 2. The maximum absolute atomic E-state index is 12.5. The van der Waals surface area contributed by atoms with Crippen LogP contribution in [-0.4, -0.2) is 38.0 Å². The maximum atomic E-state index is 12.5. The number of carbonyl (C=O) groups is 1. The number of hydrogen-bond acceptors (Lipinski definition) is 5. The second-order valence-corrected chi connectivity index (χ2v) is 6.83. The molecule has 0 spiro atoms. The zero-order chi connectivity index (χ0) is 19.9. The number of urea groups is 1. The van der Waals surface area contributed by atoms with E-state index in [0.29, 0.717) is 28.0 Å². The van der Waals surface area contributed by atoms with Crippen LogP contribution in [0.4, 0.5) is 10.5 Å². The summed E-state index contributed by atoms with van der Waals surface area (Å²) in [6, 6.07) is 13.1. The van der Waals surface area contributed by atoms with E-state index >= 15 is 0 Å². The topological polar surface area (TPSA) is 105 Å². The van der Waals surface area contributed by atoms with E-state index in [1.54, 1.807) is 36.4 Å². The van der Waals surface area contributed by atoms with Gasteiger partial charge in [0.25, 0.3) is 0 Å². The molecule has 0 saturated carbocycles. The lowest BCUT2D eigenvalue weighted by Crippen LogP contribution is -2.34. The Morgan fingerprint density at radius 3 is 2.36 bits per heavy atom. The summed E-state index contributed by atoms with van der Waals surface area (Å²) in [5.74, 6) is 0.342. The van der Waals surface area contributed by atoms with Crippen LogP contribution in [-0.2, 0) is 13.0 Å². The summed E-state index contributed by atoms with van der Waals surface area (Å²) in [6.45, 7) is 0.111. The molecule has 1 atom stereocenters. The van der Waals surface area contributed by atoms with E-state index in [4.69, 9.17) is 28.3 Å². The SMILES string of the molecule is O=C(Nc1ccc(Cl)cc1)NC(Cc1ccc(Cl)cc1)c1nnn(CCO)n1. The third kappa shape index (κ3) is 5.66. The van der Waals surface area contributed by atoms with E-state index < -0.39 is 12.1 Å². The van der Waals surface area contributed by atoms with Gasteiger partial charge in [0, 0.05) is 22.2 Å². The molecule has 10 heteroatoms. The smallest absolute Gasteiger partial charge is 0.319 e. The number of carbonyl (C=O) groups excluding carboxylic acids is 1. The van der Waals surface area contributed by atoms with Gasteiger partial charge in [0.1, 0.15) is 0 Å². The number of aromatic nitrogens is 4. The molecular weight excluding hydrogens is 403 g/mol. The number of amides is 2. The van der Waals surface area contributed by atoms with E-state index in [9.17, 15) is 4.79 Å². The Morgan fingerprint density at radius 2 is 1.71 bits per heavy atom. The van der Waals surface area contributed by atoms with Crippen LogP contribution in [0.25, 0.3) is 0 Å². The van der Waals surface area contributed by atoms with Crippen molar-refractivity contribution >= 4 is 34.9 Å². The number of tetrazole rings is 1. The second kappa shape index (κ2) is 9.50. The fourth-order valence-corrected chi connectivity index (χ4v) is 2.75. The molecule has 1 unspecified atom stereocenters. The lowest BCUT2D eigenvalue weighted by molar-refractivity contribution is 0.247. The molecule has 2 amide bonds. The van der Waals surface area contributed by atoms with Crippen LogP contribution in [0.5, 0.6) is 0 Å². The summed E-state index contributed by atoms with van der Waals surface area (Å²) < 4.78 is 0. The summed E-state index contributed by atoms with van der Waals surface area (Å²) in [5.41, 5.74) is 1.55. The molecule has 0 radical (unpaired) electrons. The van der Waals surface area contributed by atoms with Gasteiger partial charge < -0.3 is 15.7 Å². The molecule has 3 N–H and O–H groups in total. The van der Waals surface area contributed by atoms with Gasteiger partial charge in [-0.15, -0.1) is 10.2 Å². The molecule has 2 aromatic carbocycles. The van der Waals surface area contributed by atoms with Gasteiger partial charge in [-0.05, 0) is 47.2 Å². The first-order valence-corrected chi connectivity index (χ1v) is 9.25. The predicted molar refractivity (Wildman–Crippen MR) is 106 cm³/mol. The molecule has 0 saturated heterocycles. The summed E-state index contributed by atoms with van der Waals surface area (Å²) in [4.78, 5) is 13.7. The van der Waals surface area contributed by atoms with Gasteiger partial charge in [0.15, 0.2) is 5.82 Å². The molecule has 146 valence electrons. The summed E-state index contributed by atoms with van der Waals surface area (Å²) >= 11 is 11.8. The number of nitrogens with one attached hydrogen (secondary N) is 2. The Labute approximate surface area is 171 Å². The lowest BCUT2D eigenvalue weighted by Gasteiger charge is -2.16. The first-order chi connectivity index (χ1) is 13.5. The van der Waals surface area contributed by atoms with E-state index in [1.807, 2.05) is 12.1 Å². The third-order valence-electron chi connectivity index (χ3n) is 3.84. The Morgan fingerprint density at radius 1 is 1.07 bits per heavy atom. The predicted octanol–water partition coefficient (Wildman–Crippen LogP) is 3.08. The average molecular weight is 421 g/mol. The first kappa shape index (κ1) is 20.1. The fraction of sp³-hybridized carbons (Fsp3) is 0.222. The molecule has 8 nitrogen and oxygen atoms in total. The summed E-state index contributed by atoms with van der Waals surface area (Å²) in [7, 11) is 0. The second-order valence-electron chi connectivity index (χ2n) is 5.96. The number of anilines is 1. The van der Waals surface area contributed by atoms with Crippen molar-refractivity contribution in [3.8, 4) is 0 Å². The van der Waals surface area contributed by atoms with Crippen molar-refractivity contribution < 1.29 is 9.90 Å². The third-order valence-corrected chi connectivity index (χ3v) is 4.34. The Bertz CT molecular complexity index is 915.